The van der Waals surface area contributed by atoms with Gasteiger partial charge in [-0.2, -0.15) is 0 Å². The Morgan fingerprint density at radius 1 is 1.22 bits per heavy atom. The molecule has 1 aromatic rings. The van der Waals surface area contributed by atoms with Gasteiger partial charge in [-0.15, -0.1) is 0 Å². The second-order valence-electron chi connectivity index (χ2n) is 6.32. The molecule has 0 saturated carbocycles. The lowest BCUT2D eigenvalue weighted by atomic mass is 10.2. The van der Waals surface area contributed by atoms with E-state index in [0.717, 1.165) is 39.1 Å². The van der Waals surface area contributed by atoms with Crippen LogP contribution in [0.25, 0.3) is 0 Å². The van der Waals surface area contributed by atoms with Gasteiger partial charge in [-0.25, -0.2) is 4.98 Å². The monoisotopic (exact) mass is 322 g/mol. The standard InChI is InChI=1S/C17H30N4O2/c1-4-6-8-20-9-11-21(12-10-20)13-16-18-15(14-23-16)17(22)19(3)7-5-2/h14H,4-13H2,1-3H3. The Hall–Kier alpha value is -1.40. The van der Waals surface area contributed by atoms with Crippen LogP contribution in [0.5, 0.6) is 0 Å². The molecule has 0 atom stereocenters. The predicted molar refractivity (Wildman–Crippen MR) is 90.4 cm³/mol. The van der Waals surface area contributed by atoms with Gasteiger partial charge in [0.05, 0.1) is 6.54 Å². The molecule has 1 aliphatic heterocycles. The maximum absolute atomic E-state index is 12.2. The summed E-state index contributed by atoms with van der Waals surface area (Å²) in [6.07, 6.45) is 4.95. The normalized spacial score (nSPS) is 16.7. The summed E-state index contributed by atoms with van der Waals surface area (Å²) in [6, 6.07) is 0. The maximum atomic E-state index is 12.2. The van der Waals surface area contributed by atoms with Crippen molar-refractivity contribution in [2.24, 2.45) is 0 Å². The molecule has 0 N–H and O–H groups in total. The second-order valence-corrected chi connectivity index (χ2v) is 6.32. The molecule has 0 aromatic carbocycles. The third-order valence-electron chi connectivity index (χ3n) is 4.33. The van der Waals surface area contributed by atoms with E-state index in [1.54, 1.807) is 11.9 Å². The van der Waals surface area contributed by atoms with Crippen LogP contribution in [0.3, 0.4) is 0 Å². The minimum atomic E-state index is -0.0637. The van der Waals surface area contributed by atoms with Crippen LogP contribution in [0.4, 0.5) is 0 Å². The molecular weight excluding hydrogens is 292 g/mol. The summed E-state index contributed by atoms with van der Waals surface area (Å²) in [4.78, 5) is 23.1. The second kappa shape index (κ2) is 9.03. The van der Waals surface area contributed by atoms with Gasteiger partial charge < -0.3 is 14.2 Å². The summed E-state index contributed by atoms with van der Waals surface area (Å²) in [5.74, 6) is 0.575. The summed E-state index contributed by atoms with van der Waals surface area (Å²) in [5, 5.41) is 0. The van der Waals surface area contributed by atoms with Gasteiger partial charge >= 0.3 is 0 Å². The number of amides is 1. The van der Waals surface area contributed by atoms with Crippen LogP contribution in [0.15, 0.2) is 10.7 Å². The molecule has 130 valence electrons. The van der Waals surface area contributed by atoms with E-state index in [2.05, 4.69) is 28.6 Å². The van der Waals surface area contributed by atoms with Crippen LogP contribution in [-0.4, -0.2) is 71.9 Å². The molecule has 1 aromatic heterocycles. The molecule has 6 nitrogen and oxygen atoms in total. The number of hydrogen-bond donors (Lipinski definition) is 0. The van der Waals surface area contributed by atoms with Gasteiger partial charge in [0.2, 0.25) is 5.89 Å². The Morgan fingerprint density at radius 2 is 1.91 bits per heavy atom. The van der Waals surface area contributed by atoms with E-state index in [9.17, 15) is 4.79 Å². The van der Waals surface area contributed by atoms with E-state index in [-0.39, 0.29) is 5.91 Å². The van der Waals surface area contributed by atoms with Crippen molar-refractivity contribution in [3.05, 3.63) is 17.8 Å². The Morgan fingerprint density at radius 3 is 2.57 bits per heavy atom. The molecule has 0 bridgehead atoms. The molecule has 1 aliphatic rings. The number of unbranched alkanes of at least 4 members (excludes halogenated alkanes) is 1. The smallest absolute Gasteiger partial charge is 0.275 e. The van der Waals surface area contributed by atoms with Gasteiger partial charge in [-0.3, -0.25) is 9.69 Å². The topological polar surface area (TPSA) is 52.8 Å². The van der Waals surface area contributed by atoms with E-state index in [0.29, 0.717) is 18.1 Å². The van der Waals surface area contributed by atoms with Crippen molar-refractivity contribution in [2.45, 2.75) is 39.7 Å². The summed E-state index contributed by atoms with van der Waals surface area (Å²) < 4.78 is 5.49. The fourth-order valence-corrected chi connectivity index (χ4v) is 2.86. The van der Waals surface area contributed by atoms with Crippen LogP contribution < -0.4 is 0 Å². The number of hydrogen-bond acceptors (Lipinski definition) is 5. The fourth-order valence-electron chi connectivity index (χ4n) is 2.86. The van der Waals surface area contributed by atoms with E-state index in [1.807, 2.05) is 0 Å². The quantitative estimate of drug-likeness (QED) is 0.733. The molecular formula is C17H30N4O2. The Labute approximate surface area is 139 Å². The zero-order valence-corrected chi connectivity index (χ0v) is 14.8. The fraction of sp³-hybridized carbons (Fsp3) is 0.765. The Bertz CT molecular complexity index is 481. The van der Waals surface area contributed by atoms with Crippen molar-refractivity contribution in [2.75, 3.05) is 46.3 Å². The first-order chi connectivity index (χ1) is 11.1. The van der Waals surface area contributed by atoms with Gasteiger partial charge in [-0.05, 0) is 19.4 Å². The summed E-state index contributed by atoms with van der Waals surface area (Å²) >= 11 is 0. The van der Waals surface area contributed by atoms with Gasteiger partial charge in [0.25, 0.3) is 5.91 Å². The summed E-state index contributed by atoms with van der Waals surface area (Å²) in [6.45, 7) is 11.2. The highest BCUT2D eigenvalue weighted by atomic mass is 16.3. The van der Waals surface area contributed by atoms with Crippen molar-refractivity contribution in [3.63, 3.8) is 0 Å². The number of aromatic nitrogens is 1. The SMILES string of the molecule is CCCCN1CCN(Cc2nc(C(=O)N(C)CCC)co2)CC1. The van der Waals surface area contributed by atoms with Gasteiger partial charge in [0.15, 0.2) is 5.69 Å². The number of nitrogens with zero attached hydrogens (tertiary/aromatic N) is 4. The molecule has 1 amide bonds. The average Bonchev–Trinajstić information content (AvgIpc) is 3.02. The molecule has 1 fully saturated rings. The highest BCUT2D eigenvalue weighted by molar-refractivity contribution is 5.91. The molecule has 0 radical (unpaired) electrons. The third-order valence-corrected chi connectivity index (χ3v) is 4.33. The first kappa shape index (κ1) is 17.9. The predicted octanol–water partition coefficient (Wildman–Crippen LogP) is 2.07. The molecule has 0 spiro atoms. The van der Waals surface area contributed by atoms with Gasteiger partial charge in [0.1, 0.15) is 6.26 Å². The zero-order chi connectivity index (χ0) is 16.7. The first-order valence-corrected chi connectivity index (χ1v) is 8.78. The molecule has 1 saturated heterocycles. The van der Waals surface area contributed by atoms with Crippen LogP contribution in [0.1, 0.15) is 49.5 Å². The first-order valence-electron chi connectivity index (χ1n) is 8.78. The van der Waals surface area contributed by atoms with Crippen LogP contribution in [0, 0.1) is 0 Å². The lowest BCUT2D eigenvalue weighted by Gasteiger charge is -2.33. The van der Waals surface area contributed by atoms with Crippen LogP contribution in [0.2, 0.25) is 0 Å². The largest absolute Gasteiger partial charge is 0.447 e. The molecule has 23 heavy (non-hydrogen) atoms. The van der Waals surface area contributed by atoms with Crippen molar-refractivity contribution in [3.8, 4) is 0 Å². The number of rotatable bonds is 8. The highest BCUT2D eigenvalue weighted by Gasteiger charge is 2.20. The molecule has 2 heterocycles. The average molecular weight is 322 g/mol. The van der Waals surface area contributed by atoms with E-state index in [4.69, 9.17) is 4.42 Å². The maximum Gasteiger partial charge on any atom is 0.275 e. The number of carbonyl (C=O) groups is 1. The number of carbonyl (C=O) groups excluding carboxylic acids is 1. The lowest BCUT2D eigenvalue weighted by molar-refractivity contribution is 0.0789. The third kappa shape index (κ3) is 5.32. The molecule has 2 rings (SSSR count). The van der Waals surface area contributed by atoms with Crippen LogP contribution in [-0.2, 0) is 6.54 Å². The molecule has 6 heteroatoms. The minimum absolute atomic E-state index is 0.0637. The Balaban J connectivity index is 1.80. The minimum Gasteiger partial charge on any atom is -0.447 e. The van der Waals surface area contributed by atoms with Crippen molar-refractivity contribution >= 4 is 5.91 Å². The van der Waals surface area contributed by atoms with E-state index >= 15 is 0 Å². The number of oxazole rings is 1. The van der Waals surface area contributed by atoms with Crippen molar-refractivity contribution < 1.29 is 9.21 Å². The number of piperazine rings is 1. The van der Waals surface area contributed by atoms with E-state index < -0.39 is 0 Å². The molecule has 0 aliphatic carbocycles. The summed E-state index contributed by atoms with van der Waals surface area (Å²) in [5.41, 5.74) is 0.414. The zero-order valence-electron chi connectivity index (χ0n) is 14.8. The van der Waals surface area contributed by atoms with E-state index in [1.165, 1.54) is 25.6 Å². The van der Waals surface area contributed by atoms with Crippen molar-refractivity contribution in [1.29, 1.82) is 0 Å². The molecule has 0 unspecified atom stereocenters. The van der Waals surface area contributed by atoms with Gasteiger partial charge in [0, 0.05) is 39.8 Å². The Kier molecular flexibility index (Phi) is 7.05. The van der Waals surface area contributed by atoms with Crippen molar-refractivity contribution in [1.82, 2.24) is 19.7 Å². The lowest BCUT2D eigenvalue weighted by Crippen LogP contribution is -2.46. The van der Waals surface area contributed by atoms with Gasteiger partial charge in [-0.1, -0.05) is 20.3 Å². The summed E-state index contributed by atoms with van der Waals surface area (Å²) in [7, 11) is 1.80. The highest BCUT2D eigenvalue weighted by Crippen LogP contribution is 2.11. The van der Waals surface area contributed by atoms with Crippen LogP contribution >= 0.6 is 0 Å².